The van der Waals surface area contributed by atoms with Crippen LogP contribution in [0.25, 0.3) is 0 Å². The Balaban J connectivity index is 2.05. The van der Waals surface area contributed by atoms with Crippen molar-refractivity contribution < 1.29 is 4.79 Å². The van der Waals surface area contributed by atoms with Crippen molar-refractivity contribution in [3.05, 3.63) is 38.0 Å². The third-order valence-electron chi connectivity index (χ3n) is 2.41. The highest BCUT2D eigenvalue weighted by molar-refractivity contribution is 7.12. The largest absolute Gasteiger partial charge is 0.325 e. The maximum Gasteiger partial charge on any atom is 0.187 e. The number of carbonyl (C=O) groups excluding carboxylic acids is 1. The Kier molecular flexibility index (Phi) is 4.04. The Labute approximate surface area is 108 Å². The number of Topliss-reactive ketones (excluding diaryl/α,β-unsaturated/α-hetero) is 1. The monoisotopic (exact) mass is 266 g/mol. The van der Waals surface area contributed by atoms with Crippen LogP contribution in [-0.2, 0) is 19.4 Å². The number of rotatable bonds is 5. The molecular formula is C12H14N2OS2. The standard InChI is InChI=1S/C12H14N2OS2/c1-2-8-3-4-9(17-8)5-11(15)10-7-16-12(6-13)14-10/h3-4,7H,2,5-6,13H2,1H3. The second-order valence-electron chi connectivity index (χ2n) is 3.65. The van der Waals surface area contributed by atoms with E-state index in [1.165, 1.54) is 16.2 Å². The van der Waals surface area contributed by atoms with Crippen molar-refractivity contribution >= 4 is 28.5 Å². The Morgan fingerprint density at radius 3 is 2.76 bits per heavy atom. The molecule has 0 saturated heterocycles. The molecule has 17 heavy (non-hydrogen) atoms. The minimum Gasteiger partial charge on any atom is -0.325 e. The van der Waals surface area contributed by atoms with E-state index >= 15 is 0 Å². The molecule has 0 amide bonds. The average molecular weight is 266 g/mol. The minimum absolute atomic E-state index is 0.0745. The second kappa shape index (κ2) is 5.53. The van der Waals surface area contributed by atoms with E-state index in [4.69, 9.17) is 5.73 Å². The van der Waals surface area contributed by atoms with Gasteiger partial charge in [-0.2, -0.15) is 0 Å². The molecular weight excluding hydrogens is 252 g/mol. The lowest BCUT2D eigenvalue weighted by atomic mass is 10.2. The molecule has 2 rings (SSSR count). The van der Waals surface area contributed by atoms with E-state index < -0.39 is 0 Å². The molecule has 3 nitrogen and oxygen atoms in total. The van der Waals surface area contributed by atoms with Crippen molar-refractivity contribution in [3.63, 3.8) is 0 Å². The van der Waals surface area contributed by atoms with Gasteiger partial charge in [0.1, 0.15) is 10.7 Å². The first-order chi connectivity index (χ1) is 8.22. The summed E-state index contributed by atoms with van der Waals surface area (Å²) in [5.41, 5.74) is 6.02. The maximum atomic E-state index is 12.0. The third-order valence-corrected chi connectivity index (χ3v) is 4.51. The zero-order valence-electron chi connectivity index (χ0n) is 9.60. The van der Waals surface area contributed by atoms with E-state index in [9.17, 15) is 4.79 Å². The van der Waals surface area contributed by atoms with E-state index in [0.29, 0.717) is 18.7 Å². The Morgan fingerprint density at radius 2 is 2.18 bits per heavy atom. The van der Waals surface area contributed by atoms with E-state index in [0.717, 1.165) is 16.3 Å². The van der Waals surface area contributed by atoms with Crippen LogP contribution in [0.5, 0.6) is 0 Å². The number of carbonyl (C=O) groups is 1. The molecule has 0 atom stereocenters. The molecule has 0 bridgehead atoms. The Bertz CT molecular complexity index is 516. The van der Waals surface area contributed by atoms with Crippen LogP contribution in [0.15, 0.2) is 17.5 Å². The van der Waals surface area contributed by atoms with Gasteiger partial charge < -0.3 is 5.73 Å². The molecule has 0 aliphatic carbocycles. The van der Waals surface area contributed by atoms with Crippen LogP contribution in [0, 0.1) is 0 Å². The number of ketones is 1. The van der Waals surface area contributed by atoms with Crippen molar-refractivity contribution in [1.82, 2.24) is 4.98 Å². The van der Waals surface area contributed by atoms with Gasteiger partial charge in [0.05, 0.1) is 0 Å². The summed E-state index contributed by atoms with van der Waals surface area (Å²) in [4.78, 5) is 18.6. The predicted molar refractivity (Wildman–Crippen MR) is 71.7 cm³/mol. The molecule has 2 N–H and O–H groups in total. The molecule has 2 aromatic rings. The number of aryl methyl sites for hydroxylation is 1. The molecule has 0 aromatic carbocycles. The second-order valence-corrected chi connectivity index (χ2v) is 5.85. The van der Waals surface area contributed by atoms with E-state index in [1.807, 2.05) is 6.07 Å². The van der Waals surface area contributed by atoms with Gasteiger partial charge in [-0.15, -0.1) is 22.7 Å². The van der Waals surface area contributed by atoms with Gasteiger partial charge in [-0.1, -0.05) is 6.92 Å². The summed E-state index contributed by atoms with van der Waals surface area (Å²) in [5, 5.41) is 2.60. The topological polar surface area (TPSA) is 56.0 Å². The Hall–Kier alpha value is -1.04. The maximum absolute atomic E-state index is 12.0. The molecule has 2 aromatic heterocycles. The summed E-state index contributed by atoms with van der Waals surface area (Å²) in [5.74, 6) is 0.0745. The van der Waals surface area contributed by atoms with Gasteiger partial charge in [0, 0.05) is 28.1 Å². The van der Waals surface area contributed by atoms with Crippen LogP contribution in [-0.4, -0.2) is 10.8 Å². The predicted octanol–water partition coefficient (Wildman–Crippen LogP) is 2.65. The molecule has 2 heterocycles. The molecule has 0 spiro atoms. The zero-order valence-corrected chi connectivity index (χ0v) is 11.2. The van der Waals surface area contributed by atoms with Crippen LogP contribution in [0.2, 0.25) is 0 Å². The number of hydrogen-bond donors (Lipinski definition) is 1. The quantitative estimate of drug-likeness (QED) is 0.846. The van der Waals surface area contributed by atoms with Crippen LogP contribution in [0.1, 0.15) is 32.2 Å². The van der Waals surface area contributed by atoms with Crippen molar-refractivity contribution in [2.75, 3.05) is 0 Å². The Morgan fingerprint density at radius 1 is 1.41 bits per heavy atom. The normalized spacial score (nSPS) is 10.7. The zero-order chi connectivity index (χ0) is 12.3. The van der Waals surface area contributed by atoms with Crippen LogP contribution >= 0.6 is 22.7 Å². The fourth-order valence-corrected chi connectivity index (χ4v) is 3.12. The first kappa shape index (κ1) is 12.4. The SMILES string of the molecule is CCc1ccc(CC(=O)c2csc(CN)n2)s1. The highest BCUT2D eigenvalue weighted by Gasteiger charge is 2.12. The highest BCUT2D eigenvalue weighted by atomic mass is 32.1. The number of nitrogens with two attached hydrogens (primary N) is 1. The number of aromatic nitrogens is 1. The number of thiazole rings is 1. The van der Waals surface area contributed by atoms with Crippen molar-refractivity contribution in [1.29, 1.82) is 0 Å². The van der Waals surface area contributed by atoms with Crippen LogP contribution in [0.3, 0.4) is 0 Å². The fourth-order valence-electron chi connectivity index (χ4n) is 1.49. The summed E-state index contributed by atoms with van der Waals surface area (Å²) in [7, 11) is 0. The summed E-state index contributed by atoms with van der Waals surface area (Å²) in [6, 6.07) is 4.11. The first-order valence-corrected chi connectivity index (χ1v) is 7.17. The molecule has 0 fully saturated rings. The van der Waals surface area contributed by atoms with Crippen molar-refractivity contribution in [2.45, 2.75) is 26.3 Å². The molecule has 5 heteroatoms. The summed E-state index contributed by atoms with van der Waals surface area (Å²) in [6.07, 6.45) is 1.46. The summed E-state index contributed by atoms with van der Waals surface area (Å²) < 4.78 is 0. The summed E-state index contributed by atoms with van der Waals surface area (Å²) >= 11 is 3.14. The lowest BCUT2D eigenvalue weighted by Crippen LogP contribution is -2.04. The molecule has 0 saturated carbocycles. The van der Waals surface area contributed by atoms with Crippen LogP contribution in [0.4, 0.5) is 0 Å². The van der Waals surface area contributed by atoms with Gasteiger partial charge >= 0.3 is 0 Å². The first-order valence-electron chi connectivity index (χ1n) is 5.48. The minimum atomic E-state index is 0.0745. The van der Waals surface area contributed by atoms with Gasteiger partial charge in [-0.3, -0.25) is 4.79 Å². The van der Waals surface area contributed by atoms with E-state index in [-0.39, 0.29) is 5.78 Å². The third kappa shape index (κ3) is 3.00. The molecule has 0 unspecified atom stereocenters. The lowest BCUT2D eigenvalue weighted by Gasteiger charge is -1.94. The van der Waals surface area contributed by atoms with E-state index in [1.54, 1.807) is 16.7 Å². The van der Waals surface area contributed by atoms with Crippen molar-refractivity contribution in [2.24, 2.45) is 5.73 Å². The van der Waals surface area contributed by atoms with Crippen LogP contribution < -0.4 is 5.73 Å². The van der Waals surface area contributed by atoms with Gasteiger partial charge in [-0.05, 0) is 18.6 Å². The number of thiophene rings is 1. The van der Waals surface area contributed by atoms with Gasteiger partial charge in [0.15, 0.2) is 5.78 Å². The highest BCUT2D eigenvalue weighted by Crippen LogP contribution is 2.19. The molecule has 0 aliphatic heterocycles. The summed E-state index contributed by atoms with van der Waals surface area (Å²) in [6.45, 7) is 2.52. The van der Waals surface area contributed by atoms with E-state index in [2.05, 4.69) is 18.0 Å². The van der Waals surface area contributed by atoms with Gasteiger partial charge in [0.2, 0.25) is 0 Å². The van der Waals surface area contributed by atoms with Gasteiger partial charge in [-0.25, -0.2) is 4.98 Å². The fraction of sp³-hybridized carbons (Fsp3) is 0.333. The average Bonchev–Trinajstić information content (AvgIpc) is 2.96. The number of nitrogens with zero attached hydrogens (tertiary/aromatic N) is 1. The molecule has 0 radical (unpaired) electrons. The smallest absolute Gasteiger partial charge is 0.187 e. The van der Waals surface area contributed by atoms with Gasteiger partial charge in [0.25, 0.3) is 0 Å². The lowest BCUT2D eigenvalue weighted by molar-refractivity contribution is 0.0989. The molecule has 0 aliphatic rings. The molecule has 90 valence electrons. The number of hydrogen-bond acceptors (Lipinski definition) is 5. The van der Waals surface area contributed by atoms with Crippen molar-refractivity contribution in [3.8, 4) is 0 Å².